The third-order valence-corrected chi connectivity index (χ3v) is 5.97. The Kier molecular flexibility index (Phi) is 6.64. The van der Waals surface area contributed by atoms with Crippen molar-refractivity contribution >= 4 is 35.0 Å². The number of nitrogens with zero attached hydrogens (tertiary/aromatic N) is 2. The zero-order valence-electron chi connectivity index (χ0n) is 17.7. The van der Waals surface area contributed by atoms with E-state index in [9.17, 15) is 23.9 Å². The van der Waals surface area contributed by atoms with Crippen LogP contribution in [0.15, 0.2) is 42.5 Å². The standard InChI is InChI=1S/C23H23ClFN3O5/c24-17-10-15(11-18(25)13-17)14-26-21(30)23(32)4-5-28(22(23)31)19-3-1-2-16(12-19)20(29)27-6-8-33-9-7-27/h1-3,10-13,32H,4-9,14H2,(H,26,30)/t23-/m0/s1. The van der Waals surface area contributed by atoms with Gasteiger partial charge in [-0.15, -0.1) is 0 Å². The van der Waals surface area contributed by atoms with Crippen LogP contribution in [-0.2, 0) is 20.9 Å². The highest BCUT2D eigenvalue weighted by molar-refractivity contribution is 6.30. The van der Waals surface area contributed by atoms with Gasteiger partial charge in [0.15, 0.2) is 0 Å². The number of ether oxygens (including phenoxy) is 1. The molecule has 0 spiro atoms. The Balaban J connectivity index is 1.45. The molecule has 33 heavy (non-hydrogen) atoms. The molecule has 174 valence electrons. The summed E-state index contributed by atoms with van der Waals surface area (Å²) in [4.78, 5) is 41.4. The zero-order chi connectivity index (χ0) is 23.6. The summed E-state index contributed by atoms with van der Waals surface area (Å²) in [6.07, 6.45) is -0.122. The number of carbonyl (C=O) groups excluding carboxylic acids is 3. The number of morpholine rings is 1. The van der Waals surface area contributed by atoms with Gasteiger partial charge in [0.05, 0.1) is 13.2 Å². The number of hydrogen-bond donors (Lipinski definition) is 2. The molecule has 2 aliphatic heterocycles. The summed E-state index contributed by atoms with van der Waals surface area (Å²) in [5.74, 6) is -2.39. The van der Waals surface area contributed by atoms with Gasteiger partial charge in [-0.25, -0.2) is 4.39 Å². The van der Waals surface area contributed by atoms with Crippen LogP contribution in [0.1, 0.15) is 22.3 Å². The number of anilines is 1. The van der Waals surface area contributed by atoms with Gasteiger partial charge in [-0.1, -0.05) is 17.7 Å². The van der Waals surface area contributed by atoms with Gasteiger partial charge in [-0.2, -0.15) is 0 Å². The molecule has 3 amide bonds. The first-order valence-electron chi connectivity index (χ1n) is 10.5. The molecule has 0 saturated carbocycles. The fourth-order valence-electron chi connectivity index (χ4n) is 3.96. The zero-order valence-corrected chi connectivity index (χ0v) is 18.5. The first kappa shape index (κ1) is 23.2. The van der Waals surface area contributed by atoms with Gasteiger partial charge in [0.2, 0.25) is 5.60 Å². The van der Waals surface area contributed by atoms with Crippen LogP contribution < -0.4 is 10.2 Å². The smallest absolute Gasteiger partial charge is 0.268 e. The van der Waals surface area contributed by atoms with Crippen molar-refractivity contribution in [3.63, 3.8) is 0 Å². The van der Waals surface area contributed by atoms with Gasteiger partial charge in [0.1, 0.15) is 5.82 Å². The van der Waals surface area contributed by atoms with Crippen LogP contribution in [0.25, 0.3) is 0 Å². The third kappa shape index (κ3) is 4.85. The summed E-state index contributed by atoms with van der Waals surface area (Å²) in [7, 11) is 0. The van der Waals surface area contributed by atoms with Crippen molar-refractivity contribution in [3.05, 3.63) is 64.4 Å². The van der Waals surface area contributed by atoms with Crippen LogP contribution in [0, 0.1) is 5.82 Å². The lowest BCUT2D eigenvalue weighted by Crippen LogP contribution is -2.52. The van der Waals surface area contributed by atoms with E-state index < -0.39 is 23.2 Å². The third-order valence-electron chi connectivity index (χ3n) is 5.75. The summed E-state index contributed by atoms with van der Waals surface area (Å²) in [6, 6.07) is 10.4. The molecule has 2 saturated heterocycles. The van der Waals surface area contributed by atoms with Crippen LogP contribution in [0.2, 0.25) is 5.02 Å². The Morgan fingerprint density at radius 3 is 2.64 bits per heavy atom. The van der Waals surface area contributed by atoms with Gasteiger partial charge in [0.25, 0.3) is 17.7 Å². The van der Waals surface area contributed by atoms with Crippen molar-refractivity contribution in [2.24, 2.45) is 0 Å². The van der Waals surface area contributed by atoms with Crippen molar-refractivity contribution in [1.29, 1.82) is 0 Å². The molecule has 1 atom stereocenters. The monoisotopic (exact) mass is 475 g/mol. The minimum atomic E-state index is -2.26. The van der Waals surface area contributed by atoms with Crippen molar-refractivity contribution in [2.45, 2.75) is 18.6 Å². The minimum absolute atomic E-state index is 0.101. The normalized spacial score (nSPS) is 20.8. The average molecular weight is 476 g/mol. The van der Waals surface area contributed by atoms with Crippen molar-refractivity contribution in [2.75, 3.05) is 37.7 Å². The van der Waals surface area contributed by atoms with Crippen LogP contribution >= 0.6 is 11.6 Å². The molecule has 0 bridgehead atoms. The van der Waals surface area contributed by atoms with Crippen LogP contribution in [0.4, 0.5) is 10.1 Å². The summed E-state index contributed by atoms with van der Waals surface area (Å²) >= 11 is 5.82. The first-order chi connectivity index (χ1) is 15.8. The number of rotatable bonds is 5. The minimum Gasteiger partial charge on any atom is -0.378 e. The van der Waals surface area contributed by atoms with Gasteiger partial charge in [0, 0.05) is 48.9 Å². The SMILES string of the molecule is O=C(c1cccc(N2CC[C@](O)(C(=O)NCc3cc(F)cc(Cl)c3)C2=O)c1)N1CCOCC1. The maximum absolute atomic E-state index is 13.5. The van der Waals surface area contributed by atoms with E-state index in [0.717, 1.165) is 6.07 Å². The Morgan fingerprint density at radius 2 is 1.91 bits per heavy atom. The maximum atomic E-state index is 13.5. The van der Waals surface area contributed by atoms with E-state index in [0.29, 0.717) is 43.1 Å². The van der Waals surface area contributed by atoms with Crippen molar-refractivity contribution in [1.82, 2.24) is 10.2 Å². The number of halogens is 2. The Hall–Kier alpha value is -3.01. The second-order valence-electron chi connectivity index (χ2n) is 7.98. The van der Waals surface area contributed by atoms with Gasteiger partial charge in [-0.3, -0.25) is 14.4 Å². The lowest BCUT2D eigenvalue weighted by molar-refractivity contribution is -0.149. The largest absolute Gasteiger partial charge is 0.378 e. The molecular formula is C23H23ClFN3O5. The quantitative estimate of drug-likeness (QED) is 0.642. The van der Waals surface area contributed by atoms with Gasteiger partial charge < -0.3 is 25.0 Å². The lowest BCUT2D eigenvalue weighted by Gasteiger charge is -2.27. The predicted octanol–water partition coefficient (Wildman–Crippen LogP) is 1.74. The number of carbonyl (C=O) groups is 3. The molecule has 2 aliphatic rings. The number of hydrogen-bond acceptors (Lipinski definition) is 5. The van der Waals surface area contributed by atoms with E-state index in [1.54, 1.807) is 29.2 Å². The lowest BCUT2D eigenvalue weighted by atomic mass is 10.0. The molecule has 2 heterocycles. The maximum Gasteiger partial charge on any atom is 0.268 e. The second-order valence-corrected chi connectivity index (χ2v) is 8.42. The van der Waals surface area contributed by atoms with E-state index in [-0.39, 0.29) is 30.4 Å². The fraction of sp³-hybridized carbons (Fsp3) is 0.348. The van der Waals surface area contributed by atoms with Crippen molar-refractivity contribution in [3.8, 4) is 0 Å². The first-order valence-corrected chi connectivity index (χ1v) is 10.9. The van der Waals surface area contributed by atoms with E-state index >= 15 is 0 Å². The Bertz CT molecular complexity index is 1070. The van der Waals surface area contributed by atoms with Crippen molar-refractivity contribution < 1.29 is 28.6 Å². The molecule has 4 rings (SSSR count). The average Bonchev–Trinajstić information content (AvgIpc) is 3.12. The Labute approximate surface area is 194 Å². The Morgan fingerprint density at radius 1 is 1.15 bits per heavy atom. The molecule has 0 aliphatic carbocycles. The number of aliphatic hydroxyl groups is 1. The molecule has 2 aromatic carbocycles. The van der Waals surface area contributed by atoms with E-state index in [2.05, 4.69) is 5.32 Å². The number of benzene rings is 2. The molecule has 0 aromatic heterocycles. The number of nitrogens with one attached hydrogen (secondary N) is 1. The fourth-order valence-corrected chi connectivity index (χ4v) is 4.20. The summed E-state index contributed by atoms with van der Waals surface area (Å²) in [5.41, 5.74) is -1.04. The number of amides is 3. The molecule has 2 N–H and O–H groups in total. The summed E-state index contributed by atoms with van der Waals surface area (Å²) in [5, 5.41) is 13.5. The topological polar surface area (TPSA) is 99.2 Å². The highest BCUT2D eigenvalue weighted by Gasteiger charge is 2.51. The van der Waals surface area contributed by atoms with E-state index in [1.807, 2.05) is 0 Å². The van der Waals surface area contributed by atoms with E-state index in [4.69, 9.17) is 16.3 Å². The summed E-state index contributed by atoms with van der Waals surface area (Å²) < 4.78 is 18.8. The predicted molar refractivity (Wildman–Crippen MR) is 118 cm³/mol. The molecule has 8 nitrogen and oxygen atoms in total. The van der Waals surface area contributed by atoms with Crippen LogP contribution in [0.5, 0.6) is 0 Å². The van der Waals surface area contributed by atoms with Gasteiger partial charge >= 0.3 is 0 Å². The molecule has 0 unspecified atom stereocenters. The molecule has 0 radical (unpaired) electrons. The van der Waals surface area contributed by atoms with Gasteiger partial charge in [-0.05, 0) is 42.0 Å². The van der Waals surface area contributed by atoms with Crippen LogP contribution in [0.3, 0.4) is 0 Å². The van der Waals surface area contributed by atoms with E-state index in [1.165, 1.54) is 17.0 Å². The molecule has 2 fully saturated rings. The molecular weight excluding hydrogens is 453 g/mol. The highest BCUT2D eigenvalue weighted by Crippen LogP contribution is 2.29. The highest BCUT2D eigenvalue weighted by atomic mass is 35.5. The molecule has 10 heteroatoms. The second kappa shape index (κ2) is 9.46. The van der Waals surface area contributed by atoms with Crippen LogP contribution in [-0.4, -0.2) is 66.2 Å². The summed E-state index contributed by atoms with van der Waals surface area (Å²) in [6.45, 7) is 1.92. The molecule has 2 aromatic rings.